The Kier molecular flexibility index (Phi) is 3.42. The van der Waals surface area contributed by atoms with Crippen LogP contribution < -0.4 is 0 Å². The number of aryl methyl sites for hydroxylation is 1. The van der Waals surface area contributed by atoms with E-state index in [2.05, 4.69) is 4.98 Å². The zero-order chi connectivity index (χ0) is 14.0. The average Bonchev–Trinajstić information content (AvgIpc) is 2.70. The number of aromatic nitrogens is 1. The molecule has 100 valence electrons. The van der Waals surface area contributed by atoms with Crippen LogP contribution in [-0.2, 0) is 11.2 Å². The first kappa shape index (κ1) is 13.3. The molecule has 4 nitrogen and oxygen atoms in total. The molecule has 0 atom stereocenters. The second-order valence-electron chi connectivity index (χ2n) is 5.24. The largest absolute Gasteiger partial charge is 0.481 e. The molecule has 0 aliphatic heterocycles. The highest BCUT2D eigenvalue weighted by molar-refractivity contribution is 5.74. The molecule has 0 spiro atoms. The maximum atomic E-state index is 11.2. The first-order chi connectivity index (χ1) is 8.90. The summed E-state index contributed by atoms with van der Waals surface area (Å²) in [6.45, 7) is 5.13. The molecule has 0 bridgehead atoms. The maximum Gasteiger partial charge on any atom is 0.309 e. The average molecular weight is 259 g/mol. The van der Waals surface area contributed by atoms with Crippen LogP contribution in [0.4, 0.5) is 0 Å². The van der Waals surface area contributed by atoms with Crippen LogP contribution >= 0.6 is 0 Å². The number of aliphatic carboxylic acids is 1. The Hall–Kier alpha value is -2.10. The van der Waals surface area contributed by atoms with Gasteiger partial charge < -0.3 is 9.52 Å². The summed E-state index contributed by atoms with van der Waals surface area (Å²) in [6, 6.07) is 9.65. The first-order valence-electron chi connectivity index (χ1n) is 6.15. The van der Waals surface area contributed by atoms with E-state index in [1.807, 2.05) is 30.3 Å². The third-order valence-electron chi connectivity index (χ3n) is 3.03. The van der Waals surface area contributed by atoms with Crippen molar-refractivity contribution in [1.82, 2.24) is 4.98 Å². The molecule has 1 aromatic heterocycles. The van der Waals surface area contributed by atoms with E-state index in [9.17, 15) is 9.90 Å². The lowest BCUT2D eigenvalue weighted by Crippen LogP contribution is -2.26. The Morgan fingerprint density at radius 1 is 1.32 bits per heavy atom. The summed E-state index contributed by atoms with van der Waals surface area (Å²) in [7, 11) is 0. The summed E-state index contributed by atoms with van der Waals surface area (Å²) in [4.78, 5) is 15.6. The number of rotatable bonds is 4. The Labute approximate surface area is 112 Å². The molecule has 0 saturated carbocycles. The monoisotopic (exact) mass is 259 g/mol. The zero-order valence-electron chi connectivity index (χ0n) is 11.3. The lowest BCUT2D eigenvalue weighted by Gasteiger charge is -2.17. The number of nitrogens with zero attached hydrogens (tertiary/aromatic N) is 1. The normalized spacial score (nSPS) is 11.5. The second-order valence-corrected chi connectivity index (χ2v) is 5.24. The minimum absolute atomic E-state index is 0.313. The standard InChI is InChI=1S/C15H17NO3/c1-10-16-13(11-7-5-4-6-8-11)12(19-10)9-15(2,3)14(17)18/h4-8H,9H2,1-3H3,(H,17,18). The van der Waals surface area contributed by atoms with Crippen molar-refractivity contribution in [3.8, 4) is 11.3 Å². The van der Waals surface area contributed by atoms with Gasteiger partial charge in [-0.3, -0.25) is 4.79 Å². The number of benzene rings is 1. The highest BCUT2D eigenvalue weighted by Gasteiger charge is 2.30. The van der Waals surface area contributed by atoms with Gasteiger partial charge in [-0.2, -0.15) is 0 Å². The molecule has 4 heteroatoms. The van der Waals surface area contributed by atoms with Crippen molar-refractivity contribution >= 4 is 5.97 Å². The van der Waals surface area contributed by atoms with E-state index in [0.717, 1.165) is 11.3 Å². The maximum absolute atomic E-state index is 11.2. The topological polar surface area (TPSA) is 63.3 Å². The van der Waals surface area contributed by atoms with E-state index in [1.54, 1.807) is 20.8 Å². The van der Waals surface area contributed by atoms with Gasteiger partial charge in [-0.25, -0.2) is 4.98 Å². The molecule has 0 unspecified atom stereocenters. The summed E-state index contributed by atoms with van der Waals surface area (Å²) < 4.78 is 5.58. The molecule has 1 N–H and O–H groups in total. The van der Waals surface area contributed by atoms with Crippen molar-refractivity contribution in [3.05, 3.63) is 42.0 Å². The van der Waals surface area contributed by atoms with E-state index in [1.165, 1.54) is 0 Å². The van der Waals surface area contributed by atoms with E-state index in [0.29, 0.717) is 18.1 Å². The predicted octanol–water partition coefficient (Wildman–Crippen LogP) is 3.30. The smallest absolute Gasteiger partial charge is 0.309 e. The Morgan fingerprint density at radius 3 is 2.53 bits per heavy atom. The lowest BCUT2D eigenvalue weighted by molar-refractivity contribution is -0.147. The summed E-state index contributed by atoms with van der Waals surface area (Å²) in [5.41, 5.74) is 0.790. The van der Waals surface area contributed by atoms with Crippen molar-refractivity contribution in [2.24, 2.45) is 5.41 Å². The fraction of sp³-hybridized carbons (Fsp3) is 0.333. The lowest BCUT2D eigenvalue weighted by atomic mass is 9.87. The quantitative estimate of drug-likeness (QED) is 0.915. The van der Waals surface area contributed by atoms with Gasteiger partial charge in [0.05, 0.1) is 5.41 Å². The SMILES string of the molecule is Cc1nc(-c2ccccc2)c(CC(C)(C)C(=O)O)o1. The van der Waals surface area contributed by atoms with Gasteiger partial charge in [0.2, 0.25) is 0 Å². The van der Waals surface area contributed by atoms with Crippen LogP contribution in [-0.4, -0.2) is 16.1 Å². The first-order valence-corrected chi connectivity index (χ1v) is 6.15. The highest BCUT2D eigenvalue weighted by atomic mass is 16.4. The molecule has 0 aliphatic carbocycles. The van der Waals surface area contributed by atoms with Crippen molar-refractivity contribution in [1.29, 1.82) is 0 Å². The molecule has 2 aromatic rings. The van der Waals surface area contributed by atoms with Crippen LogP contribution in [0.25, 0.3) is 11.3 Å². The summed E-state index contributed by atoms with van der Waals surface area (Å²) in [6.07, 6.45) is 0.313. The fourth-order valence-corrected chi connectivity index (χ4v) is 1.89. The number of hydrogen-bond acceptors (Lipinski definition) is 3. The second kappa shape index (κ2) is 4.88. The van der Waals surface area contributed by atoms with Gasteiger partial charge in [-0.1, -0.05) is 30.3 Å². The van der Waals surface area contributed by atoms with Crippen LogP contribution in [0, 0.1) is 12.3 Å². The number of hydrogen-bond donors (Lipinski definition) is 1. The van der Waals surface area contributed by atoms with Gasteiger partial charge in [0.15, 0.2) is 5.89 Å². The molecular weight excluding hydrogens is 242 g/mol. The minimum atomic E-state index is -0.879. The zero-order valence-corrected chi connectivity index (χ0v) is 11.3. The van der Waals surface area contributed by atoms with Crippen molar-refractivity contribution < 1.29 is 14.3 Å². The van der Waals surface area contributed by atoms with Crippen molar-refractivity contribution in [2.75, 3.05) is 0 Å². The third kappa shape index (κ3) is 2.84. The van der Waals surface area contributed by atoms with Gasteiger partial charge >= 0.3 is 5.97 Å². The van der Waals surface area contributed by atoms with E-state index in [4.69, 9.17) is 4.42 Å². The van der Waals surface area contributed by atoms with Gasteiger partial charge in [0.1, 0.15) is 11.5 Å². The van der Waals surface area contributed by atoms with Crippen LogP contribution in [0.1, 0.15) is 25.5 Å². The minimum Gasteiger partial charge on any atom is -0.481 e. The number of oxazole rings is 1. The van der Waals surface area contributed by atoms with E-state index < -0.39 is 11.4 Å². The number of carboxylic acids is 1. The molecule has 0 aliphatic rings. The predicted molar refractivity (Wildman–Crippen MR) is 71.8 cm³/mol. The van der Waals surface area contributed by atoms with Gasteiger partial charge in [-0.05, 0) is 13.8 Å². The van der Waals surface area contributed by atoms with Gasteiger partial charge in [0.25, 0.3) is 0 Å². The number of carbonyl (C=O) groups is 1. The summed E-state index contributed by atoms with van der Waals surface area (Å²) in [5.74, 6) is 0.326. The Morgan fingerprint density at radius 2 is 1.95 bits per heavy atom. The number of carboxylic acid groups (broad SMARTS) is 1. The van der Waals surface area contributed by atoms with Crippen LogP contribution in [0.2, 0.25) is 0 Å². The molecule has 0 amide bonds. The molecule has 2 rings (SSSR count). The molecular formula is C15H17NO3. The van der Waals surface area contributed by atoms with E-state index in [-0.39, 0.29) is 0 Å². The van der Waals surface area contributed by atoms with Crippen LogP contribution in [0.15, 0.2) is 34.7 Å². The molecule has 0 fully saturated rings. The molecule has 19 heavy (non-hydrogen) atoms. The molecule has 0 saturated heterocycles. The van der Waals surface area contributed by atoms with Crippen molar-refractivity contribution in [3.63, 3.8) is 0 Å². The van der Waals surface area contributed by atoms with Gasteiger partial charge in [0, 0.05) is 18.9 Å². The molecule has 1 aromatic carbocycles. The summed E-state index contributed by atoms with van der Waals surface area (Å²) in [5, 5.41) is 9.21. The molecule has 1 heterocycles. The van der Waals surface area contributed by atoms with Gasteiger partial charge in [-0.15, -0.1) is 0 Å². The highest BCUT2D eigenvalue weighted by Crippen LogP contribution is 2.30. The van der Waals surface area contributed by atoms with Crippen LogP contribution in [0.3, 0.4) is 0 Å². The van der Waals surface area contributed by atoms with Crippen LogP contribution in [0.5, 0.6) is 0 Å². The van der Waals surface area contributed by atoms with Crippen molar-refractivity contribution in [2.45, 2.75) is 27.2 Å². The Bertz CT molecular complexity index is 585. The summed E-state index contributed by atoms with van der Waals surface area (Å²) >= 11 is 0. The molecule has 0 radical (unpaired) electrons. The Balaban J connectivity index is 2.40. The third-order valence-corrected chi connectivity index (χ3v) is 3.03. The van der Waals surface area contributed by atoms with E-state index >= 15 is 0 Å². The fourth-order valence-electron chi connectivity index (χ4n) is 1.89.